The van der Waals surface area contributed by atoms with Crippen LogP contribution in [-0.2, 0) is 9.36 Å². The second-order valence-electron chi connectivity index (χ2n) is 6.38. The number of carbonyl (C=O) groups excluding carboxylic acids is 1. The van der Waals surface area contributed by atoms with Crippen LogP contribution in [0.2, 0.25) is 4.71 Å². The van der Waals surface area contributed by atoms with E-state index in [4.69, 9.17) is 0 Å². The Morgan fingerprint density at radius 2 is 1.91 bits per heavy atom. The summed E-state index contributed by atoms with van der Waals surface area (Å²) < 4.78 is 11.7. The summed E-state index contributed by atoms with van der Waals surface area (Å²) in [5.41, 5.74) is 0. The van der Waals surface area contributed by atoms with E-state index in [0.29, 0.717) is 0 Å². The van der Waals surface area contributed by atoms with Gasteiger partial charge in [0.2, 0.25) is 0 Å². The Kier molecular flexibility index (Phi) is 8.66. The molecule has 1 aliphatic rings. The van der Waals surface area contributed by atoms with Crippen LogP contribution in [0.15, 0.2) is 0 Å². The number of nitrogens with one attached hydrogen (secondary N) is 1. The quantitative estimate of drug-likeness (QED) is 0.344. The summed E-state index contributed by atoms with van der Waals surface area (Å²) in [5, 5.41) is 21.7. The van der Waals surface area contributed by atoms with Gasteiger partial charge in [0.25, 0.3) is 0 Å². The van der Waals surface area contributed by atoms with E-state index >= 15 is 0 Å². The van der Waals surface area contributed by atoms with Gasteiger partial charge in [0.15, 0.2) is 0 Å². The Morgan fingerprint density at radius 3 is 2.45 bits per heavy atom. The Morgan fingerprint density at radius 1 is 1.32 bits per heavy atom. The third kappa shape index (κ3) is 7.61. The van der Waals surface area contributed by atoms with Crippen LogP contribution < -0.4 is 5.32 Å². The van der Waals surface area contributed by atoms with Crippen LogP contribution in [0, 0.1) is 5.92 Å². The molecule has 4 N–H and O–H groups in total. The fourth-order valence-electron chi connectivity index (χ4n) is 2.80. The van der Waals surface area contributed by atoms with Crippen molar-refractivity contribution < 1.29 is 24.5 Å². The van der Waals surface area contributed by atoms with Gasteiger partial charge in [-0.3, -0.25) is 0 Å². The molecule has 0 heterocycles. The van der Waals surface area contributed by atoms with Crippen molar-refractivity contribution >= 4 is 30.1 Å². The predicted molar refractivity (Wildman–Crippen MR) is 89.1 cm³/mol. The number of hydrogen-bond acceptors (Lipinski definition) is 4. The first-order valence-corrected chi connectivity index (χ1v) is 11.3. The maximum atomic E-state index is 12.2. The number of aliphatic hydroxyl groups excluding tert-OH is 2. The van der Waals surface area contributed by atoms with Gasteiger partial charge in [0.05, 0.1) is 0 Å². The summed E-state index contributed by atoms with van der Waals surface area (Å²) in [6.07, 6.45) is 3.72. The fourth-order valence-corrected chi connectivity index (χ4v) is 5.15. The molecule has 1 saturated carbocycles. The van der Waals surface area contributed by atoms with Crippen molar-refractivity contribution in [3.05, 3.63) is 0 Å². The van der Waals surface area contributed by atoms with Crippen LogP contribution in [0.1, 0.15) is 39.0 Å². The molecule has 3 unspecified atom stereocenters. The van der Waals surface area contributed by atoms with Crippen LogP contribution in [-0.4, -0.2) is 68.9 Å². The van der Waals surface area contributed by atoms with Crippen molar-refractivity contribution in [2.75, 3.05) is 18.9 Å². The molecule has 0 aromatic heterocycles. The van der Waals surface area contributed by atoms with Crippen molar-refractivity contribution in [3.8, 4) is 0 Å². The first kappa shape index (κ1) is 20.2. The fraction of sp³-hybridized carbons (Fsp3) is 0.929. The van der Waals surface area contributed by atoms with E-state index in [0.717, 1.165) is 42.5 Å². The Hall–Kier alpha value is 0.138. The average molecular weight is 397 g/mol. The zero-order valence-electron chi connectivity index (χ0n) is 13.1. The third-order valence-corrected chi connectivity index (χ3v) is 7.98. The van der Waals surface area contributed by atoms with Gasteiger partial charge < -0.3 is 0 Å². The van der Waals surface area contributed by atoms with Gasteiger partial charge in [0, 0.05) is 0 Å². The van der Waals surface area contributed by atoms with E-state index in [1.807, 2.05) is 0 Å². The van der Waals surface area contributed by atoms with Crippen molar-refractivity contribution in [1.82, 2.24) is 5.32 Å². The zero-order valence-corrected chi connectivity index (χ0v) is 16.5. The van der Waals surface area contributed by atoms with Crippen LogP contribution >= 0.6 is 7.37 Å². The van der Waals surface area contributed by atoms with Crippen molar-refractivity contribution in [2.45, 2.75) is 55.9 Å². The van der Waals surface area contributed by atoms with Crippen molar-refractivity contribution in [2.24, 2.45) is 5.92 Å². The molecule has 0 bridgehead atoms. The van der Waals surface area contributed by atoms with Crippen LogP contribution in [0.5, 0.6) is 0 Å². The summed E-state index contributed by atoms with van der Waals surface area (Å²) >= 11 is 1.11. The Balaban J connectivity index is 2.34. The maximum absolute atomic E-state index is 12.2. The minimum atomic E-state index is -3.37. The molecule has 1 fully saturated rings. The predicted octanol–water partition coefficient (Wildman–Crippen LogP) is 0.117. The summed E-state index contributed by atoms with van der Waals surface area (Å²) in [5.74, 6) is -0.0570. The van der Waals surface area contributed by atoms with Gasteiger partial charge in [-0.15, -0.1) is 0 Å². The second kappa shape index (κ2) is 9.44. The average Bonchev–Trinajstić information content (AvgIpc) is 2.43. The van der Waals surface area contributed by atoms with Crippen LogP contribution in [0.25, 0.3) is 0 Å². The number of amides is 1. The molecular formula is C14H29AsNO5P. The molecule has 0 radical (unpaired) electrons. The van der Waals surface area contributed by atoms with Gasteiger partial charge in [-0.2, -0.15) is 0 Å². The summed E-state index contributed by atoms with van der Waals surface area (Å²) in [6.45, 7) is 1.48. The van der Waals surface area contributed by atoms with Crippen molar-refractivity contribution in [1.29, 1.82) is 0 Å². The molecule has 5 atom stereocenters. The molecule has 0 spiro atoms. The van der Waals surface area contributed by atoms with E-state index < -0.39 is 24.3 Å². The Bertz CT molecular complexity index is 401. The van der Waals surface area contributed by atoms with Gasteiger partial charge in [-0.05, 0) is 0 Å². The number of aliphatic hydroxyl groups is 2. The third-order valence-electron chi connectivity index (χ3n) is 4.10. The Labute approximate surface area is 141 Å². The molecule has 8 heteroatoms. The van der Waals surface area contributed by atoms with Crippen molar-refractivity contribution in [3.63, 3.8) is 0 Å². The number of hydrogen-bond donors (Lipinski definition) is 4. The van der Waals surface area contributed by atoms with E-state index in [-0.39, 0.29) is 30.7 Å². The van der Waals surface area contributed by atoms with E-state index in [1.165, 1.54) is 13.3 Å². The van der Waals surface area contributed by atoms with Gasteiger partial charge >= 0.3 is 141 Å². The van der Waals surface area contributed by atoms with E-state index in [2.05, 4.69) is 5.32 Å². The van der Waals surface area contributed by atoms with E-state index in [9.17, 15) is 24.5 Å². The SMILES string of the molecule is C[C@@H](O)[C@H]([AsH2])C(=O)NCC(O)CP(=O)(O)CC1CCCCC1. The van der Waals surface area contributed by atoms with Gasteiger partial charge in [-0.25, -0.2) is 0 Å². The molecule has 1 aliphatic carbocycles. The van der Waals surface area contributed by atoms with Gasteiger partial charge in [0.1, 0.15) is 0 Å². The summed E-state index contributed by atoms with van der Waals surface area (Å²) in [7, 11) is -3.37. The molecule has 1 amide bonds. The molecule has 6 nitrogen and oxygen atoms in total. The molecule has 130 valence electrons. The van der Waals surface area contributed by atoms with Crippen LogP contribution in [0.4, 0.5) is 0 Å². The summed E-state index contributed by atoms with van der Waals surface area (Å²) in [4.78, 5) is 21.7. The number of carbonyl (C=O) groups is 1. The minimum absolute atomic E-state index is 0.0544. The molecule has 0 aromatic carbocycles. The first-order valence-electron chi connectivity index (χ1n) is 7.91. The molecule has 0 aromatic rings. The van der Waals surface area contributed by atoms with Crippen LogP contribution in [0.3, 0.4) is 0 Å². The first-order chi connectivity index (χ1) is 10.2. The monoisotopic (exact) mass is 397 g/mol. The zero-order chi connectivity index (χ0) is 16.8. The van der Waals surface area contributed by atoms with Gasteiger partial charge in [-0.1, -0.05) is 0 Å². The molecule has 0 saturated heterocycles. The summed E-state index contributed by atoms with van der Waals surface area (Å²) in [6, 6.07) is 0. The number of rotatable bonds is 8. The molecule has 22 heavy (non-hydrogen) atoms. The standard InChI is InChI=1S/C14H29AsNO5P/c1-10(17)13(15)14(19)16-7-12(18)9-22(20,21)8-11-5-3-2-4-6-11/h10-13,17-18H,2-9,15H2,1H3,(H,16,19)(H,20,21)/t10-,12?,13+/m1/s1. The molecule has 0 aliphatic heterocycles. The topological polar surface area (TPSA) is 107 Å². The second-order valence-corrected chi connectivity index (χ2v) is 10.3. The van der Waals surface area contributed by atoms with E-state index in [1.54, 1.807) is 0 Å². The molecule has 1 rings (SSSR count). The molecular weight excluding hydrogens is 368 g/mol. The normalized spacial score (nSPS) is 23.3.